The van der Waals surface area contributed by atoms with E-state index in [1.54, 1.807) is 6.92 Å². The first-order valence-electron chi connectivity index (χ1n) is 5.37. The highest BCUT2D eigenvalue weighted by Gasteiger charge is 2.29. The summed E-state index contributed by atoms with van der Waals surface area (Å²) in [7, 11) is -3.65. The van der Waals surface area contributed by atoms with Gasteiger partial charge in [0.2, 0.25) is 10.0 Å². The molecule has 0 bridgehead atoms. The SMILES string of the molecule is Cc1c(Br)cc(C(=O)O)cc1S(=O)(=O)NC1CC1. The quantitative estimate of drug-likeness (QED) is 0.881. The van der Waals surface area contributed by atoms with Crippen molar-refractivity contribution in [3.63, 3.8) is 0 Å². The molecule has 0 unspecified atom stereocenters. The van der Waals surface area contributed by atoms with E-state index in [2.05, 4.69) is 20.7 Å². The minimum atomic E-state index is -3.65. The maximum Gasteiger partial charge on any atom is 0.335 e. The number of carboxylic acid groups (broad SMARTS) is 1. The van der Waals surface area contributed by atoms with E-state index >= 15 is 0 Å². The highest BCUT2D eigenvalue weighted by molar-refractivity contribution is 9.10. The molecule has 0 saturated heterocycles. The number of hydrogen-bond donors (Lipinski definition) is 2. The average molecular weight is 334 g/mol. The number of nitrogens with one attached hydrogen (secondary N) is 1. The van der Waals surface area contributed by atoms with Crippen LogP contribution < -0.4 is 4.72 Å². The lowest BCUT2D eigenvalue weighted by Gasteiger charge is -2.11. The Bertz CT molecular complexity index is 608. The predicted octanol–water partition coefficient (Wildman–Crippen LogP) is 1.90. The number of carbonyl (C=O) groups is 1. The molecular weight excluding hydrogens is 322 g/mol. The van der Waals surface area contributed by atoms with E-state index < -0.39 is 16.0 Å². The first kappa shape index (κ1) is 13.5. The Kier molecular flexibility index (Phi) is 3.48. The van der Waals surface area contributed by atoms with Gasteiger partial charge in [-0.3, -0.25) is 0 Å². The van der Waals surface area contributed by atoms with Gasteiger partial charge in [-0.05, 0) is 37.5 Å². The molecule has 2 rings (SSSR count). The van der Waals surface area contributed by atoms with Gasteiger partial charge in [-0.25, -0.2) is 17.9 Å². The second kappa shape index (κ2) is 4.64. The Balaban J connectivity index is 2.51. The van der Waals surface area contributed by atoms with Crippen LogP contribution >= 0.6 is 15.9 Å². The Morgan fingerprint density at radius 2 is 2.06 bits per heavy atom. The molecule has 1 aromatic rings. The molecule has 5 nitrogen and oxygen atoms in total. The molecule has 0 spiro atoms. The summed E-state index contributed by atoms with van der Waals surface area (Å²) in [6.45, 7) is 1.64. The molecule has 0 aliphatic heterocycles. The van der Waals surface area contributed by atoms with Crippen LogP contribution in [0.2, 0.25) is 0 Å². The van der Waals surface area contributed by atoms with E-state index in [4.69, 9.17) is 5.11 Å². The summed E-state index contributed by atoms with van der Waals surface area (Å²) in [6, 6.07) is 2.57. The van der Waals surface area contributed by atoms with Crippen molar-refractivity contribution in [2.24, 2.45) is 0 Å². The third-order valence-corrected chi connectivity index (χ3v) is 5.20. The van der Waals surface area contributed by atoms with Crippen molar-refractivity contribution < 1.29 is 18.3 Å². The average Bonchev–Trinajstić information content (AvgIpc) is 3.04. The summed E-state index contributed by atoms with van der Waals surface area (Å²) in [5.41, 5.74) is 0.455. The predicted molar refractivity (Wildman–Crippen MR) is 69.2 cm³/mol. The maximum absolute atomic E-state index is 12.1. The summed E-state index contributed by atoms with van der Waals surface area (Å²) >= 11 is 3.18. The first-order chi connectivity index (χ1) is 8.31. The number of carboxylic acids is 1. The lowest BCUT2D eigenvalue weighted by molar-refractivity contribution is 0.0696. The second-order valence-electron chi connectivity index (χ2n) is 4.28. The molecule has 0 amide bonds. The van der Waals surface area contributed by atoms with Crippen molar-refractivity contribution in [3.8, 4) is 0 Å². The van der Waals surface area contributed by atoms with Crippen molar-refractivity contribution >= 4 is 31.9 Å². The van der Waals surface area contributed by atoms with Crippen molar-refractivity contribution in [3.05, 3.63) is 27.7 Å². The molecule has 0 heterocycles. The van der Waals surface area contributed by atoms with Crippen LogP contribution in [0.4, 0.5) is 0 Å². The first-order valence-corrected chi connectivity index (χ1v) is 7.64. The van der Waals surface area contributed by atoms with Gasteiger partial charge in [0.05, 0.1) is 10.5 Å². The lowest BCUT2D eigenvalue weighted by Crippen LogP contribution is -2.26. The van der Waals surface area contributed by atoms with E-state index in [1.807, 2.05) is 0 Å². The Hall–Kier alpha value is -0.920. The standard InChI is InChI=1S/C11H12BrNO4S/c1-6-9(12)4-7(11(14)15)5-10(6)18(16,17)13-8-2-3-8/h4-5,8,13H,2-3H2,1H3,(H,14,15). The van der Waals surface area contributed by atoms with Crippen molar-refractivity contribution in [1.82, 2.24) is 4.72 Å². The maximum atomic E-state index is 12.1. The van der Waals surface area contributed by atoms with Crippen LogP contribution in [0.15, 0.2) is 21.5 Å². The van der Waals surface area contributed by atoms with E-state index in [0.29, 0.717) is 10.0 Å². The lowest BCUT2D eigenvalue weighted by atomic mass is 10.1. The summed E-state index contributed by atoms with van der Waals surface area (Å²) < 4.78 is 27.2. The van der Waals surface area contributed by atoms with Crippen LogP contribution in [-0.2, 0) is 10.0 Å². The summed E-state index contributed by atoms with van der Waals surface area (Å²) in [5.74, 6) is -1.15. The van der Waals surface area contributed by atoms with E-state index in [9.17, 15) is 13.2 Å². The number of rotatable bonds is 4. The van der Waals surface area contributed by atoms with Gasteiger partial charge in [-0.1, -0.05) is 15.9 Å². The van der Waals surface area contributed by atoms with E-state index in [1.165, 1.54) is 12.1 Å². The fourth-order valence-electron chi connectivity index (χ4n) is 1.54. The normalized spacial score (nSPS) is 15.7. The number of aromatic carboxylic acids is 1. The molecule has 1 aliphatic rings. The highest BCUT2D eigenvalue weighted by Crippen LogP contribution is 2.28. The van der Waals surface area contributed by atoms with Gasteiger partial charge in [0.25, 0.3) is 0 Å². The van der Waals surface area contributed by atoms with Crippen LogP contribution in [0.1, 0.15) is 28.8 Å². The van der Waals surface area contributed by atoms with Crippen LogP contribution in [-0.4, -0.2) is 25.5 Å². The number of sulfonamides is 1. The van der Waals surface area contributed by atoms with Gasteiger partial charge < -0.3 is 5.11 Å². The zero-order valence-corrected chi connectivity index (χ0v) is 12.0. The summed E-state index contributed by atoms with van der Waals surface area (Å²) in [5, 5.41) is 8.95. The highest BCUT2D eigenvalue weighted by atomic mass is 79.9. The molecular formula is C11H12BrNO4S. The van der Waals surface area contributed by atoms with E-state index in [0.717, 1.165) is 12.8 Å². The molecule has 0 aromatic heterocycles. The third kappa shape index (κ3) is 2.73. The van der Waals surface area contributed by atoms with Gasteiger partial charge in [0, 0.05) is 10.5 Å². The molecule has 1 aromatic carbocycles. The second-order valence-corrected chi connectivity index (χ2v) is 6.82. The molecule has 1 aliphatic carbocycles. The van der Waals surface area contributed by atoms with Gasteiger partial charge in [-0.15, -0.1) is 0 Å². The number of halogens is 1. The Morgan fingerprint density at radius 3 is 2.56 bits per heavy atom. The molecule has 1 saturated carbocycles. The van der Waals surface area contributed by atoms with Gasteiger partial charge >= 0.3 is 5.97 Å². The van der Waals surface area contributed by atoms with Crippen LogP contribution in [0, 0.1) is 6.92 Å². The van der Waals surface area contributed by atoms with E-state index in [-0.39, 0.29) is 16.5 Å². The number of benzene rings is 1. The number of hydrogen-bond acceptors (Lipinski definition) is 3. The Morgan fingerprint density at radius 1 is 1.44 bits per heavy atom. The molecule has 0 radical (unpaired) electrons. The zero-order chi connectivity index (χ0) is 13.5. The van der Waals surface area contributed by atoms with Crippen molar-refractivity contribution in [2.75, 3.05) is 0 Å². The molecule has 7 heteroatoms. The minimum absolute atomic E-state index is 0.0124. The van der Waals surface area contributed by atoms with Crippen LogP contribution in [0.25, 0.3) is 0 Å². The smallest absolute Gasteiger partial charge is 0.335 e. The fourth-order valence-corrected chi connectivity index (χ4v) is 3.73. The largest absolute Gasteiger partial charge is 0.478 e. The van der Waals surface area contributed by atoms with Crippen LogP contribution in [0.5, 0.6) is 0 Å². The zero-order valence-electron chi connectivity index (χ0n) is 9.60. The molecule has 2 N–H and O–H groups in total. The van der Waals surface area contributed by atoms with Gasteiger partial charge in [0.15, 0.2) is 0 Å². The van der Waals surface area contributed by atoms with Crippen molar-refractivity contribution in [1.29, 1.82) is 0 Å². The van der Waals surface area contributed by atoms with Crippen LogP contribution in [0.3, 0.4) is 0 Å². The topological polar surface area (TPSA) is 83.5 Å². The fraction of sp³-hybridized carbons (Fsp3) is 0.364. The van der Waals surface area contributed by atoms with Gasteiger partial charge in [0.1, 0.15) is 0 Å². The summed E-state index contributed by atoms with van der Waals surface area (Å²) in [6.07, 6.45) is 1.66. The molecule has 18 heavy (non-hydrogen) atoms. The minimum Gasteiger partial charge on any atom is -0.478 e. The molecule has 0 atom stereocenters. The molecule has 98 valence electrons. The summed E-state index contributed by atoms with van der Waals surface area (Å²) in [4.78, 5) is 11.0. The monoisotopic (exact) mass is 333 g/mol. The third-order valence-electron chi connectivity index (χ3n) is 2.73. The Labute approximate surface area is 113 Å². The van der Waals surface area contributed by atoms with Gasteiger partial charge in [-0.2, -0.15) is 0 Å². The molecule has 1 fully saturated rings. The van der Waals surface area contributed by atoms with Crippen molar-refractivity contribution in [2.45, 2.75) is 30.7 Å².